The van der Waals surface area contributed by atoms with E-state index in [4.69, 9.17) is 5.11 Å². The van der Waals surface area contributed by atoms with Crippen molar-refractivity contribution >= 4 is 34.1 Å². The molecular weight excluding hydrogens is 244 g/mol. The molecule has 0 bridgehead atoms. The van der Waals surface area contributed by atoms with Gasteiger partial charge < -0.3 is 5.11 Å². The largest absolute Gasteiger partial charge is 0.478 e. The molecule has 0 spiro atoms. The van der Waals surface area contributed by atoms with Crippen LogP contribution in [0.3, 0.4) is 0 Å². The first-order valence-electron chi connectivity index (χ1n) is 4.36. The molecule has 1 aliphatic rings. The number of fused-ring (bicyclic) bond motifs is 1. The summed E-state index contributed by atoms with van der Waals surface area (Å²) in [6.45, 7) is 0. The number of rotatable bonds is 1. The van der Waals surface area contributed by atoms with Gasteiger partial charge in [-0.2, -0.15) is 0 Å². The molecule has 1 aromatic rings. The highest BCUT2D eigenvalue weighted by Crippen LogP contribution is 2.09. The number of carboxylic acids is 1. The van der Waals surface area contributed by atoms with E-state index in [-0.39, 0.29) is 0 Å². The number of hydrogen-bond acceptors (Lipinski definition) is 1. The van der Waals surface area contributed by atoms with Gasteiger partial charge in [0.2, 0.25) is 0 Å². The smallest absolute Gasteiger partial charge is 0.335 e. The third kappa shape index (κ3) is 1.73. The lowest BCUT2D eigenvalue weighted by atomic mass is 10.1. The topological polar surface area (TPSA) is 37.3 Å². The van der Waals surface area contributed by atoms with Gasteiger partial charge in [-0.05, 0) is 29.0 Å². The van der Waals surface area contributed by atoms with Gasteiger partial charge in [0, 0.05) is 4.83 Å². The van der Waals surface area contributed by atoms with E-state index in [9.17, 15) is 4.79 Å². The van der Waals surface area contributed by atoms with Crippen molar-refractivity contribution < 1.29 is 9.90 Å². The Bertz CT molecular complexity index is 490. The Morgan fingerprint density at radius 2 is 2.21 bits per heavy atom. The Labute approximate surface area is 89.7 Å². The molecule has 1 aliphatic carbocycles. The second kappa shape index (κ2) is 3.58. The van der Waals surface area contributed by atoms with E-state index >= 15 is 0 Å². The zero-order chi connectivity index (χ0) is 10.1. The van der Waals surface area contributed by atoms with Gasteiger partial charge in [-0.25, -0.2) is 4.79 Å². The monoisotopic (exact) mass is 252 g/mol. The zero-order valence-electron chi connectivity index (χ0n) is 7.40. The Morgan fingerprint density at radius 3 is 2.93 bits per heavy atom. The summed E-state index contributed by atoms with van der Waals surface area (Å²) in [5.41, 5.74) is 0.349. The van der Waals surface area contributed by atoms with Crippen molar-refractivity contribution in [1.29, 1.82) is 0 Å². The molecule has 72 valence electrons. The molecule has 0 heterocycles. The van der Waals surface area contributed by atoms with E-state index in [1.54, 1.807) is 12.1 Å². The molecule has 14 heavy (non-hydrogen) atoms. The van der Waals surface area contributed by atoms with Gasteiger partial charge in [-0.3, -0.25) is 0 Å². The van der Waals surface area contributed by atoms with Crippen LogP contribution in [0.1, 0.15) is 16.8 Å². The minimum absolute atomic E-state index is 0.349. The molecule has 0 radical (unpaired) electrons. The number of benzene rings is 1. The lowest BCUT2D eigenvalue weighted by Crippen LogP contribution is -2.29. The average Bonchev–Trinajstić information content (AvgIpc) is 2.16. The number of halogens is 1. The molecule has 0 saturated carbocycles. The van der Waals surface area contributed by atoms with Crippen LogP contribution in [0.4, 0.5) is 0 Å². The Balaban J connectivity index is 2.63. The Kier molecular flexibility index (Phi) is 2.42. The zero-order valence-corrected chi connectivity index (χ0v) is 8.99. The number of hydrogen-bond donors (Lipinski definition) is 1. The third-order valence-electron chi connectivity index (χ3n) is 2.26. The number of carbonyl (C=O) groups is 1. The van der Waals surface area contributed by atoms with Crippen molar-refractivity contribution in [2.24, 2.45) is 0 Å². The van der Waals surface area contributed by atoms with Crippen molar-refractivity contribution in [2.45, 2.75) is 11.2 Å². The van der Waals surface area contributed by atoms with E-state index < -0.39 is 5.97 Å². The van der Waals surface area contributed by atoms with Crippen LogP contribution in [-0.2, 0) is 0 Å². The highest BCUT2D eigenvalue weighted by atomic mass is 79.9. The van der Waals surface area contributed by atoms with Gasteiger partial charge in [0.1, 0.15) is 0 Å². The van der Waals surface area contributed by atoms with Crippen molar-refractivity contribution in [3.63, 3.8) is 0 Å². The lowest BCUT2D eigenvalue weighted by Gasteiger charge is -2.06. The van der Waals surface area contributed by atoms with Crippen molar-refractivity contribution in [3.8, 4) is 0 Å². The second-order valence-electron chi connectivity index (χ2n) is 3.27. The minimum Gasteiger partial charge on any atom is -0.478 e. The molecule has 0 saturated heterocycles. The normalized spacial score (nSPS) is 19.1. The number of alkyl halides is 1. The molecular formula is C11H9BrO2. The van der Waals surface area contributed by atoms with Crippen LogP contribution in [0.15, 0.2) is 18.2 Å². The summed E-state index contributed by atoms with van der Waals surface area (Å²) >= 11 is 3.50. The Hall–Kier alpha value is -1.09. The fourth-order valence-electron chi connectivity index (χ4n) is 1.54. The molecule has 2 nitrogen and oxygen atoms in total. The maximum absolute atomic E-state index is 10.7. The van der Waals surface area contributed by atoms with Crippen LogP contribution >= 0.6 is 15.9 Å². The van der Waals surface area contributed by atoms with Crippen LogP contribution in [0.2, 0.25) is 0 Å². The van der Waals surface area contributed by atoms with Crippen LogP contribution in [0.5, 0.6) is 0 Å². The van der Waals surface area contributed by atoms with Crippen LogP contribution in [-0.4, -0.2) is 15.9 Å². The average molecular weight is 253 g/mol. The molecule has 1 atom stereocenters. The van der Waals surface area contributed by atoms with Crippen LogP contribution in [0.25, 0.3) is 12.2 Å². The summed E-state index contributed by atoms with van der Waals surface area (Å²) in [4.78, 5) is 11.1. The summed E-state index contributed by atoms with van der Waals surface area (Å²) in [5.74, 6) is -0.873. The van der Waals surface area contributed by atoms with Crippen molar-refractivity contribution in [2.75, 3.05) is 0 Å². The van der Waals surface area contributed by atoms with Crippen molar-refractivity contribution in [3.05, 3.63) is 34.2 Å². The molecule has 0 aromatic heterocycles. The van der Waals surface area contributed by atoms with Crippen LogP contribution < -0.4 is 10.4 Å². The summed E-state index contributed by atoms with van der Waals surface area (Å²) in [6, 6.07) is 5.20. The highest BCUT2D eigenvalue weighted by Gasteiger charge is 2.05. The SMILES string of the molecule is O=C(O)c1ccc2c(c1)=CCC(Br)C=2. The van der Waals surface area contributed by atoms with E-state index in [1.807, 2.05) is 6.07 Å². The summed E-state index contributed by atoms with van der Waals surface area (Å²) in [6.07, 6.45) is 5.07. The summed E-state index contributed by atoms with van der Waals surface area (Å²) < 4.78 is 0. The maximum Gasteiger partial charge on any atom is 0.335 e. The number of carboxylic acid groups (broad SMARTS) is 1. The number of aromatic carboxylic acids is 1. The molecule has 2 rings (SSSR count). The highest BCUT2D eigenvalue weighted by molar-refractivity contribution is 9.09. The molecule has 1 N–H and O–H groups in total. The van der Waals surface area contributed by atoms with E-state index in [2.05, 4.69) is 28.1 Å². The van der Waals surface area contributed by atoms with Gasteiger partial charge in [-0.15, -0.1) is 0 Å². The predicted molar refractivity (Wildman–Crippen MR) is 58.9 cm³/mol. The molecule has 0 aliphatic heterocycles. The standard InChI is InChI=1S/C11H9BrO2/c12-10-4-3-7-5-9(11(13)14)2-1-8(7)6-10/h1-3,5-6,10H,4H2,(H,13,14). The van der Waals surface area contributed by atoms with E-state index in [0.29, 0.717) is 10.4 Å². The summed E-state index contributed by atoms with van der Waals surface area (Å²) in [5, 5.41) is 10.9. The molecule has 3 heteroatoms. The van der Waals surface area contributed by atoms with Gasteiger partial charge in [0.05, 0.1) is 5.56 Å². The molecule has 0 amide bonds. The quantitative estimate of drug-likeness (QED) is 0.761. The first kappa shape index (κ1) is 9.46. The molecule has 1 aromatic carbocycles. The Morgan fingerprint density at radius 1 is 1.43 bits per heavy atom. The van der Waals surface area contributed by atoms with Gasteiger partial charge in [0.15, 0.2) is 0 Å². The lowest BCUT2D eigenvalue weighted by molar-refractivity contribution is 0.0697. The first-order valence-corrected chi connectivity index (χ1v) is 5.28. The van der Waals surface area contributed by atoms with Gasteiger partial charge in [-0.1, -0.05) is 34.1 Å². The molecule has 1 unspecified atom stereocenters. The summed E-state index contributed by atoms with van der Waals surface area (Å²) in [7, 11) is 0. The second-order valence-corrected chi connectivity index (χ2v) is 4.45. The third-order valence-corrected chi connectivity index (χ3v) is 2.90. The van der Waals surface area contributed by atoms with E-state index in [1.165, 1.54) is 0 Å². The predicted octanol–water partition coefficient (Wildman–Crippen LogP) is 1.11. The fourth-order valence-corrected chi connectivity index (χ4v) is 2.01. The van der Waals surface area contributed by atoms with Crippen molar-refractivity contribution in [1.82, 2.24) is 0 Å². The fraction of sp³-hybridized carbons (Fsp3) is 0.182. The van der Waals surface area contributed by atoms with Gasteiger partial charge in [0.25, 0.3) is 0 Å². The van der Waals surface area contributed by atoms with Gasteiger partial charge >= 0.3 is 5.97 Å². The van der Waals surface area contributed by atoms with E-state index in [0.717, 1.165) is 16.9 Å². The molecule has 0 fully saturated rings. The minimum atomic E-state index is -0.873. The maximum atomic E-state index is 10.7. The first-order chi connectivity index (χ1) is 6.66. The van der Waals surface area contributed by atoms with Crippen LogP contribution in [0, 0.1) is 0 Å².